The Labute approximate surface area is 166 Å². The van der Waals surface area contributed by atoms with E-state index in [1.54, 1.807) is 55.5 Å². The van der Waals surface area contributed by atoms with Crippen LogP contribution in [0.5, 0.6) is 11.6 Å². The standard InChI is InChI=1S/C22H17FN4O2/c1-15-4-5-16(14-19(15)23)22(28)24-17-6-8-18(9-7-17)29-21-11-10-20(25-26-21)27-12-2-3-13-27/h2-14H,1H3,(H,24,28). The summed E-state index contributed by atoms with van der Waals surface area (Å²) < 4.78 is 21.2. The van der Waals surface area contributed by atoms with E-state index in [9.17, 15) is 9.18 Å². The Bertz CT molecular complexity index is 1120. The maximum Gasteiger partial charge on any atom is 0.255 e. The van der Waals surface area contributed by atoms with Crippen LogP contribution in [-0.4, -0.2) is 20.7 Å². The number of nitrogens with zero attached hydrogens (tertiary/aromatic N) is 3. The summed E-state index contributed by atoms with van der Waals surface area (Å²) in [4.78, 5) is 12.3. The molecule has 0 bridgehead atoms. The van der Waals surface area contributed by atoms with Crippen LogP contribution in [0.1, 0.15) is 15.9 Å². The molecule has 0 saturated carbocycles. The Hall–Kier alpha value is -4.00. The quantitative estimate of drug-likeness (QED) is 0.535. The van der Waals surface area contributed by atoms with E-state index in [4.69, 9.17) is 4.74 Å². The molecule has 2 heterocycles. The molecule has 0 radical (unpaired) electrons. The smallest absolute Gasteiger partial charge is 0.255 e. The monoisotopic (exact) mass is 388 g/mol. The number of rotatable bonds is 5. The number of carbonyl (C=O) groups excluding carboxylic acids is 1. The van der Waals surface area contributed by atoms with E-state index in [1.165, 1.54) is 6.07 Å². The summed E-state index contributed by atoms with van der Waals surface area (Å²) in [6.45, 7) is 1.65. The van der Waals surface area contributed by atoms with Gasteiger partial charge in [-0.05, 0) is 67.1 Å². The minimum absolute atomic E-state index is 0.256. The van der Waals surface area contributed by atoms with Gasteiger partial charge < -0.3 is 14.6 Å². The van der Waals surface area contributed by atoms with E-state index in [0.717, 1.165) is 0 Å². The van der Waals surface area contributed by atoms with Gasteiger partial charge in [0.15, 0.2) is 5.82 Å². The van der Waals surface area contributed by atoms with Gasteiger partial charge in [-0.1, -0.05) is 6.07 Å². The highest BCUT2D eigenvalue weighted by atomic mass is 19.1. The molecule has 29 heavy (non-hydrogen) atoms. The van der Waals surface area contributed by atoms with Gasteiger partial charge in [0.05, 0.1) is 0 Å². The lowest BCUT2D eigenvalue weighted by atomic mass is 10.1. The Balaban J connectivity index is 1.40. The van der Waals surface area contributed by atoms with Crippen molar-refractivity contribution in [3.05, 3.63) is 96.1 Å². The van der Waals surface area contributed by atoms with Crippen LogP contribution in [0.15, 0.2) is 79.1 Å². The van der Waals surface area contributed by atoms with E-state index >= 15 is 0 Å². The predicted octanol–water partition coefficient (Wildman–Crippen LogP) is 4.76. The number of anilines is 1. The molecule has 2 aromatic heterocycles. The Morgan fingerprint density at radius 2 is 1.76 bits per heavy atom. The zero-order valence-corrected chi connectivity index (χ0v) is 15.5. The van der Waals surface area contributed by atoms with Crippen molar-refractivity contribution < 1.29 is 13.9 Å². The minimum Gasteiger partial charge on any atom is -0.438 e. The Morgan fingerprint density at radius 1 is 1.00 bits per heavy atom. The molecule has 0 aliphatic rings. The molecule has 7 heteroatoms. The fourth-order valence-electron chi connectivity index (χ4n) is 2.66. The second-order valence-electron chi connectivity index (χ2n) is 6.36. The number of carbonyl (C=O) groups is 1. The summed E-state index contributed by atoms with van der Waals surface area (Å²) in [5.74, 6) is 0.794. The second kappa shape index (κ2) is 7.93. The number of hydrogen-bond acceptors (Lipinski definition) is 4. The van der Waals surface area contributed by atoms with Gasteiger partial charge in [0.25, 0.3) is 5.91 Å². The fourth-order valence-corrected chi connectivity index (χ4v) is 2.66. The highest BCUT2D eigenvalue weighted by molar-refractivity contribution is 6.04. The van der Waals surface area contributed by atoms with Gasteiger partial charge in [-0.15, -0.1) is 10.2 Å². The zero-order chi connectivity index (χ0) is 20.2. The van der Waals surface area contributed by atoms with Gasteiger partial charge in [-0.3, -0.25) is 4.79 Å². The van der Waals surface area contributed by atoms with Crippen molar-refractivity contribution in [2.24, 2.45) is 0 Å². The normalized spacial score (nSPS) is 10.6. The topological polar surface area (TPSA) is 69.0 Å². The lowest BCUT2D eigenvalue weighted by Gasteiger charge is -2.08. The van der Waals surface area contributed by atoms with Gasteiger partial charge in [0.1, 0.15) is 11.6 Å². The van der Waals surface area contributed by atoms with E-state index in [-0.39, 0.29) is 11.5 Å². The van der Waals surface area contributed by atoms with Gasteiger partial charge in [0.2, 0.25) is 5.88 Å². The van der Waals surface area contributed by atoms with Crippen molar-refractivity contribution in [2.75, 3.05) is 5.32 Å². The number of aromatic nitrogens is 3. The molecule has 0 spiro atoms. The van der Waals surface area contributed by atoms with Crippen LogP contribution in [0, 0.1) is 12.7 Å². The van der Waals surface area contributed by atoms with Crippen molar-refractivity contribution in [2.45, 2.75) is 6.92 Å². The van der Waals surface area contributed by atoms with E-state index in [2.05, 4.69) is 15.5 Å². The third-order valence-corrected chi connectivity index (χ3v) is 4.26. The molecule has 0 aliphatic carbocycles. The Morgan fingerprint density at radius 3 is 2.41 bits per heavy atom. The highest BCUT2D eigenvalue weighted by Gasteiger charge is 2.09. The molecule has 1 amide bonds. The third kappa shape index (κ3) is 4.30. The summed E-state index contributed by atoms with van der Waals surface area (Å²) in [5, 5.41) is 10.9. The maximum absolute atomic E-state index is 13.6. The summed E-state index contributed by atoms with van der Waals surface area (Å²) >= 11 is 0. The average molecular weight is 388 g/mol. The van der Waals surface area contributed by atoms with Crippen LogP contribution in [0.4, 0.5) is 10.1 Å². The molecule has 0 atom stereocenters. The number of nitrogens with one attached hydrogen (secondary N) is 1. The summed E-state index contributed by atoms with van der Waals surface area (Å²) in [5.41, 5.74) is 1.32. The van der Waals surface area contributed by atoms with Crippen molar-refractivity contribution in [3.8, 4) is 17.4 Å². The number of aryl methyl sites for hydroxylation is 1. The number of hydrogen-bond donors (Lipinski definition) is 1. The first-order chi connectivity index (χ1) is 14.1. The summed E-state index contributed by atoms with van der Waals surface area (Å²) in [6.07, 6.45) is 3.76. The molecule has 2 aromatic carbocycles. The van der Waals surface area contributed by atoms with E-state index < -0.39 is 5.82 Å². The van der Waals surface area contributed by atoms with E-state index in [0.29, 0.717) is 28.7 Å². The van der Waals surface area contributed by atoms with Gasteiger partial charge >= 0.3 is 0 Å². The van der Waals surface area contributed by atoms with Crippen LogP contribution >= 0.6 is 0 Å². The average Bonchev–Trinajstić information content (AvgIpc) is 3.27. The van der Waals surface area contributed by atoms with Gasteiger partial charge in [0, 0.05) is 29.7 Å². The summed E-state index contributed by atoms with van der Waals surface area (Å²) in [6, 6.07) is 18.5. The molecule has 1 N–H and O–H groups in total. The lowest BCUT2D eigenvalue weighted by molar-refractivity contribution is 0.102. The zero-order valence-electron chi connectivity index (χ0n) is 15.5. The first-order valence-corrected chi connectivity index (χ1v) is 8.91. The largest absolute Gasteiger partial charge is 0.438 e. The molecule has 0 fully saturated rings. The number of amides is 1. The second-order valence-corrected chi connectivity index (χ2v) is 6.36. The Kier molecular flexibility index (Phi) is 5.03. The first kappa shape index (κ1) is 18.4. The van der Waals surface area contributed by atoms with Crippen molar-refractivity contribution in [1.82, 2.24) is 14.8 Å². The number of benzene rings is 2. The molecule has 144 valence electrons. The minimum atomic E-state index is -0.412. The molecule has 0 unspecified atom stereocenters. The summed E-state index contributed by atoms with van der Waals surface area (Å²) in [7, 11) is 0. The molecule has 0 aliphatic heterocycles. The van der Waals surface area contributed by atoms with Crippen LogP contribution in [0.3, 0.4) is 0 Å². The van der Waals surface area contributed by atoms with Crippen LogP contribution in [0.25, 0.3) is 5.82 Å². The van der Waals surface area contributed by atoms with Crippen LogP contribution < -0.4 is 10.1 Å². The number of halogens is 1. The predicted molar refractivity (Wildman–Crippen MR) is 107 cm³/mol. The molecule has 4 rings (SSSR count). The van der Waals surface area contributed by atoms with Crippen LogP contribution in [-0.2, 0) is 0 Å². The van der Waals surface area contributed by atoms with Crippen LogP contribution in [0.2, 0.25) is 0 Å². The van der Waals surface area contributed by atoms with Crippen molar-refractivity contribution in [3.63, 3.8) is 0 Å². The molecular weight excluding hydrogens is 371 g/mol. The molecule has 6 nitrogen and oxygen atoms in total. The molecule has 4 aromatic rings. The first-order valence-electron chi connectivity index (χ1n) is 8.91. The van der Waals surface area contributed by atoms with Crippen molar-refractivity contribution in [1.29, 1.82) is 0 Å². The van der Waals surface area contributed by atoms with Gasteiger partial charge in [-0.25, -0.2) is 4.39 Å². The maximum atomic E-state index is 13.6. The van der Waals surface area contributed by atoms with Gasteiger partial charge in [-0.2, -0.15) is 0 Å². The highest BCUT2D eigenvalue weighted by Crippen LogP contribution is 2.22. The third-order valence-electron chi connectivity index (χ3n) is 4.26. The molecule has 0 saturated heterocycles. The SMILES string of the molecule is Cc1ccc(C(=O)Nc2ccc(Oc3ccc(-n4cccc4)nn3)cc2)cc1F. The lowest BCUT2D eigenvalue weighted by Crippen LogP contribution is -2.12. The van der Waals surface area contributed by atoms with E-state index in [1.807, 2.05) is 29.1 Å². The van der Waals surface area contributed by atoms with Crippen molar-refractivity contribution >= 4 is 11.6 Å². The fraction of sp³-hybridized carbons (Fsp3) is 0.0455. The molecular formula is C22H17FN4O2. The number of ether oxygens (including phenoxy) is 1.